The van der Waals surface area contributed by atoms with Gasteiger partial charge in [-0.15, -0.1) is 10.2 Å². The number of rotatable bonds is 3. The average Bonchev–Trinajstić information content (AvgIpc) is 2.92. The second-order valence-electron chi connectivity index (χ2n) is 3.51. The molecule has 0 radical (unpaired) electrons. The molecule has 0 saturated heterocycles. The standard InChI is InChI=1S/C10H9N7O/c1-6(9-14-16-17-15-9)13-10(18)8-3-2-7(4-11)5-12-8/h2-3,5-6H,1H3,(H,13,18)(H,14,15,16,17). The van der Waals surface area contributed by atoms with Crippen LogP contribution in [0.4, 0.5) is 0 Å². The lowest BCUT2D eigenvalue weighted by Gasteiger charge is -2.09. The molecule has 2 aromatic rings. The van der Waals surface area contributed by atoms with E-state index in [0.29, 0.717) is 11.4 Å². The molecule has 2 aromatic heterocycles. The maximum absolute atomic E-state index is 11.8. The minimum atomic E-state index is -0.381. The maximum Gasteiger partial charge on any atom is 0.270 e. The van der Waals surface area contributed by atoms with E-state index in [0.717, 1.165) is 0 Å². The van der Waals surface area contributed by atoms with E-state index in [1.54, 1.807) is 6.92 Å². The first-order valence-electron chi connectivity index (χ1n) is 5.11. The van der Waals surface area contributed by atoms with Gasteiger partial charge < -0.3 is 5.32 Å². The van der Waals surface area contributed by atoms with Crippen LogP contribution in [0.15, 0.2) is 18.3 Å². The van der Waals surface area contributed by atoms with E-state index in [9.17, 15) is 4.79 Å². The lowest BCUT2D eigenvalue weighted by molar-refractivity contribution is 0.0933. The van der Waals surface area contributed by atoms with Crippen molar-refractivity contribution < 1.29 is 4.79 Å². The molecule has 0 aliphatic rings. The molecule has 1 amide bonds. The number of H-pyrrole nitrogens is 1. The summed E-state index contributed by atoms with van der Waals surface area (Å²) < 4.78 is 0. The minimum absolute atomic E-state index is 0.226. The second-order valence-corrected chi connectivity index (χ2v) is 3.51. The second kappa shape index (κ2) is 5.01. The maximum atomic E-state index is 11.8. The van der Waals surface area contributed by atoms with Crippen molar-refractivity contribution in [2.24, 2.45) is 0 Å². The molecule has 8 heteroatoms. The van der Waals surface area contributed by atoms with E-state index in [2.05, 4.69) is 30.9 Å². The number of aromatic amines is 1. The fraction of sp³-hybridized carbons (Fsp3) is 0.200. The predicted molar refractivity (Wildman–Crippen MR) is 59.0 cm³/mol. The van der Waals surface area contributed by atoms with Gasteiger partial charge in [-0.25, -0.2) is 4.98 Å². The monoisotopic (exact) mass is 243 g/mol. The van der Waals surface area contributed by atoms with Crippen molar-refractivity contribution in [2.75, 3.05) is 0 Å². The predicted octanol–water partition coefficient (Wildman–Crippen LogP) is -0.0426. The van der Waals surface area contributed by atoms with Gasteiger partial charge in [0, 0.05) is 6.20 Å². The Balaban J connectivity index is 2.05. The lowest BCUT2D eigenvalue weighted by atomic mass is 10.2. The summed E-state index contributed by atoms with van der Waals surface area (Å²) in [5.74, 6) is 0.0220. The van der Waals surface area contributed by atoms with E-state index in [4.69, 9.17) is 5.26 Å². The van der Waals surface area contributed by atoms with Gasteiger partial charge in [0.15, 0.2) is 5.82 Å². The van der Waals surface area contributed by atoms with Crippen molar-refractivity contribution in [1.82, 2.24) is 30.9 Å². The zero-order chi connectivity index (χ0) is 13.0. The summed E-state index contributed by atoms with van der Waals surface area (Å²) in [5, 5.41) is 24.5. The first kappa shape index (κ1) is 11.7. The Labute approximate surface area is 102 Å². The van der Waals surface area contributed by atoms with Gasteiger partial charge in [-0.2, -0.15) is 10.5 Å². The summed E-state index contributed by atoms with van der Waals surface area (Å²) in [5.41, 5.74) is 0.627. The number of amides is 1. The summed E-state index contributed by atoms with van der Waals surface area (Å²) in [4.78, 5) is 15.7. The number of hydrogen-bond donors (Lipinski definition) is 2. The summed E-state index contributed by atoms with van der Waals surface area (Å²) in [6.45, 7) is 1.73. The number of aromatic nitrogens is 5. The summed E-state index contributed by atoms with van der Waals surface area (Å²) >= 11 is 0. The molecule has 2 N–H and O–H groups in total. The number of pyridine rings is 1. The highest BCUT2D eigenvalue weighted by molar-refractivity contribution is 5.92. The first-order valence-corrected chi connectivity index (χ1v) is 5.11. The van der Waals surface area contributed by atoms with Crippen molar-refractivity contribution in [3.8, 4) is 6.07 Å². The topological polar surface area (TPSA) is 120 Å². The average molecular weight is 243 g/mol. The van der Waals surface area contributed by atoms with E-state index in [1.807, 2.05) is 6.07 Å². The van der Waals surface area contributed by atoms with Crippen molar-refractivity contribution in [3.63, 3.8) is 0 Å². The van der Waals surface area contributed by atoms with Crippen molar-refractivity contribution in [2.45, 2.75) is 13.0 Å². The number of carbonyl (C=O) groups excluding carboxylic acids is 1. The SMILES string of the molecule is CC(NC(=O)c1ccc(C#N)cn1)c1nn[nH]n1. The molecule has 0 aliphatic heterocycles. The summed E-state index contributed by atoms with van der Waals surface area (Å²) in [6.07, 6.45) is 1.34. The number of nitrogens with one attached hydrogen (secondary N) is 2. The minimum Gasteiger partial charge on any atom is -0.341 e. The molecule has 0 aliphatic carbocycles. The molecule has 0 aromatic carbocycles. The van der Waals surface area contributed by atoms with Crippen LogP contribution in [-0.4, -0.2) is 31.5 Å². The van der Waals surface area contributed by atoms with E-state index < -0.39 is 0 Å². The van der Waals surface area contributed by atoms with Crippen LogP contribution < -0.4 is 5.32 Å². The third-order valence-electron chi connectivity index (χ3n) is 2.22. The number of carbonyl (C=O) groups is 1. The van der Waals surface area contributed by atoms with E-state index in [1.165, 1.54) is 18.3 Å². The van der Waals surface area contributed by atoms with Gasteiger partial charge in [0.05, 0.1) is 11.6 Å². The normalized spacial score (nSPS) is 11.6. The number of nitrogens with zero attached hydrogens (tertiary/aromatic N) is 5. The van der Waals surface area contributed by atoms with Crippen molar-refractivity contribution >= 4 is 5.91 Å². The van der Waals surface area contributed by atoms with Crippen LogP contribution >= 0.6 is 0 Å². The van der Waals surface area contributed by atoms with Crippen LogP contribution in [0, 0.1) is 11.3 Å². The highest BCUT2D eigenvalue weighted by atomic mass is 16.1. The largest absolute Gasteiger partial charge is 0.341 e. The molecule has 0 spiro atoms. The van der Waals surface area contributed by atoms with E-state index in [-0.39, 0.29) is 17.6 Å². The van der Waals surface area contributed by atoms with Crippen LogP contribution in [0.5, 0.6) is 0 Å². The molecule has 1 unspecified atom stereocenters. The fourth-order valence-corrected chi connectivity index (χ4v) is 1.28. The highest BCUT2D eigenvalue weighted by Gasteiger charge is 2.15. The lowest BCUT2D eigenvalue weighted by Crippen LogP contribution is -2.28. The zero-order valence-corrected chi connectivity index (χ0v) is 9.45. The molecule has 2 heterocycles. The molecular formula is C10H9N7O. The smallest absolute Gasteiger partial charge is 0.270 e. The van der Waals surface area contributed by atoms with E-state index >= 15 is 0 Å². The Bertz CT molecular complexity index is 569. The first-order chi connectivity index (χ1) is 8.70. The summed E-state index contributed by atoms with van der Waals surface area (Å²) in [7, 11) is 0. The van der Waals surface area contributed by atoms with Crippen LogP contribution in [0.2, 0.25) is 0 Å². The molecule has 0 bridgehead atoms. The van der Waals surface area contributed by atoms with Crippen LogP contribution in [0.25, 0.3) is 0 Å². The van der Waals surface area contributed by atoms with Gasteiger partial charge in [-0.3, -0.25) is 4.79 Å². The number of nitriles is 1. The molecule has 0 saturated carbocycles. The highest BCUT2D eigenvalue weighted by Crippen LogP contribution is 2.05. The van der Waals surface area contributed by atoms with Gasteiger partial charge in [0.25, 0.3) is 5.91 Å². The van der Waals surface area contributed by atoms with Gasteiger partial charge in [0.1, 0.15) is 11.8 Å². The Kier molecular flexibility index (Phi) is 3.24. The quantitative estimate of drug-likeness (QED) is 0.780. The Morgan fingerprint density at radius 1 is 1.56 bits per heavy atom. The third kappa shape index (κ3) is 2.46. The Morgan fingerprint density at radius 3 is 2.94 bits per heavy atom. The van der Waals surface area contributed by atoms with Crippen LogP contribution in [-0.2, 0) is 0 Å². The zero-order valence-electron chi connectivity index (χ0n) is 9.45. The number of tetrazole rings is 1. The number of hydrogen-bond acceptors (Lipinski definition) is 6. The molecule has 2 rings (SSSR count). The molecule has 18 heavy (non-hydrogen) atoms. The Hall–Kier alpha value is -2.82. The van der Waals surface area contributed by atoms with Gasteiger partial charge >= 0.3 is 0 Å². The van der Waals surface area contributed by atoms with Crippen molar-refractivity contribution in [1.29, 1.82) is 5.26 Å². The Morgan fingerprint density at radius 2 is 2.39 bits per heavy atom. The molecule has 8 nitrogen and oxygen atoms in total. The molecule has 90 valence electrons. The summed E-state index contributed by atoms with van der Waals surface area (Å²) in [6, 6.07) is 4.56. The van der Waals surface area contributed by atoms with Gasteiger partial charge in [-0.1, -0.05) is 5.21 Å². The third-order valence-corrected chi connectivity index (χ3v) is 2.22. The van der Waals surface area contributed by atoms with Gasteiger partial charge in [-0.05, 0) is 19.1 Å². The van der Waals surface area contributed by atoms with Crippen LogP contribution in [0.3, 0.4) is 0 Å². The molecular weight excluding hydrogens is 234 g/mol. The molecule has 1 atom stereocenters. The van der Waals surface area contributed by atoms with Crippen LogP contribution in [0.1, 0.15) is 34.8 Å². The fourth-order valence-electron chi connectivity index (χ4n) is 1.28. The molecule has 0 fully saturated rings. The van der Waals surface area contributed by atoms with Crippen molar-refractivity contribution in [3.05, 3.63) is 35.4 Å². The van der Waals surface area contributed by atoms with Gasteiger partial charge in [0.2, 0.25) is 0 Å².